The van der Waals surface area contributed by atoms with Crippen LogP contribution in [0.15, 0.2) is 24.3 Å². The molecule has 1 heterocycles. The number of nitrogens with one attached hydrogen (secondary N) is 1. The van der Waals surface area contributed by atoms with E-state index in [2.05, 4.69) is 5.32 Å². The number of benzene rings is 1. The lowest BCUT2D eigenvalue weighted by atomic mass is 10.2. The zero-order chi connectivity index (χ0) is 15.4. The number of carbonyl (C=O) groups excluding carboxylic acids is 1. The van der Waals surface area contributed by atoms with Gasteiger partial charge >= 0.3 is 5.97 Å². The number of rotatable bonds is 5. The summed E-state index contributed by atoms with van der Waals surface area (Å²) in [5.74, 6) is -0.886. The van der Waals surface area contributed by atoms with Gasteiger partial charge in [-0.1, -0.05) is 17.7 Å². The molecule has 2 rings (SSSR count). The van der Waals surface area contributed by atoms with Crippen LogP contribution in [0.4, 0.5) is 15.1 Å². The average molecular weight is 329 g/mol. The summed E-state index contributed by atoms with van der Waals surface area (Å²) in [5, 5.41) is 3.92. The van der Waals surface area contributed by atoms with Crippen LogP contribution >= 0.6 is 22.9 Å². The largest absolute Gasteiger partial charge is 0.462 e. The lowest BCUT2D eigenvalue weighted by molar-refractivity contribution is 0.0533. The van der Waals surface area contributed by atoms with Gasteiger partial charge < -0.3 is 15.8 Å². The zero-order valence-electron chi connectivity index (χ0n) is 11.3. The van der Waals surface area contributed by atoms with Crippen LogP contribution in [0, 0.1) is 5.82 Å². The number of ether oxygens (including phenoxy) is 1. The van der Waals surface area contributed by atoms with Crippen molar-refractivity contribution in [2.24, 2.45) is 0 Å². The van der Waals surface area contributed by atoms with Crippen LogP contribution in [0.5, 0.6) is 0 Å². The molecular weight excluding hydrogens is 315 g/mol. The van der Waals surface area contributed by atoms with Gasteiger partial charge in [0.2, 0.25) is 0 Å². The van der Waals surface area contributed by atoms with E-state index in [1.54, 1.807) is 25.1 Å². The van der Waals surface area contributed by atoms with Crippen LogP contribution in [0.2, 0.25) is 5.02 Å². The molecule has 0 spiro atoms. The third kappa shape index (κ3) is 3.86. The summed E-state index contributed by atoms with van der Waals surface area (Å²) in [7, 11) is 0. The molecule has 0 aliphatic carbocycles. The van der Waals surface area contributed by atoms with Crippen LogP contribution in [-0.4, -0.2) is 12.6 Å². The zero-order valence-corrected chi connectivity index (χ0v) is 12.9. The van der Waals surface area contributed by atoms with Gasteiger partial charge in [-0.15, -0.1) is 11.3 Å². The topological polar surface area (TPSA) is 64.3 Å². The minimum atomic E-state index is -0.453. The lowest BCUT2D eigenvalue weighted by Gasteiger charge is -2.04. The highest BCUT2D eigenvalue weighted by molar-refractivity contribution is 7.18. The Morgan fingerprint density at radius 2 is 2.24 bits per heavy atom. The maximum absolute atomic E-state index is 13.1. The molecule has 4 nitrogen and oxygen atoms in total. The van der Waals surface area contributed by atoms with E-state index in [1.165, 1.54) is 17.4 Å². The summed E-state index contributed by atoms with van der Waals surface area (Å²) in [6.45, 7) is 2.48. The second-order valence-electron chi connectivity index (χ2n) is 4.22. The Balaban J connectivity index is 2.05. The Labute approximate surface area is 130 Å². The highest BCUT2D eigenvalue weighted by Crippen LogP contribution is 2.30. The first-order valence-corrected chi connectivity index (χ1v) is 7.45. The lowest BCUT2D eigenvalue weighted by Crippen LogP contribution is -2.04. The first-order chi connectivity index (χ1) is 10.0. The summed E-state index contributed by atoms with van der Waals surface area (Å²) in [4.78, 5) is 12.0. The average Bonchev–Trinajstić information content (AvgIpc) is 2.82. The molecule has 0 radical (unpaired) electrons. The second kappa shape index (κ2) is 6.78. The normalized spacial score (nSPS) is 10.4. The van der Waals surface area contributed by atoms with Crippen molar-refractivity contribution < 1.29 is 13.9 Å². The molecule has 112 valence electrons. The molecule has 0 bridgehead atoms. The minimum Gasteiger partial charge on any atom is -0.462 e. The van der Waals surface area contributed by atoms with Crippen molar-refractivity contribution in [3.63, 3.8) is 0 Å². The number of hydrogen-bond acceptors (Lipinski definition) is 5. The van der Waals surface area contributed by atoms with Crippen molar-refractivity contribution in [3.05, 3.63) is 45.5 Å². The third-order valence-electron chi connectivity index (χ3n) is 2.67. The Kier molecular flexibility index (Phi) is 5.03. The first-order valence-electron chi connectivity index (χ1n) is 6.25. The molecule has 0 saturated carbocycles. The molecule has 1 aromatic heterocycles. The van der Waals surface area contributed by atoms with Crippen molar-refractivity contribution in [2.45, 2.75) is 13.5 Å². The number of nitrogen functional groups attached to an aromatic ring is 1. The van der Waals surface area contributed by atoms with E-state index in [4.69, 9.17) is 22.1 Å². The number of esters is 1. The van der Waals surface area contributed by atoms with Gasteiger partial charge in [-0.05, 0) is 30.7 Å². The molecule has 1 aromatic carbocycles. The third-order valence-corrected chi connectivity index (χ3v) is 4.05. The van der Waals surface area contributed by atoms with Crippen molar-refractivity contribution >= 4 is 39.6 Å². The molecule has 3 N–H and O–H groups in total. The van der Waals surface area contributed by atoms with E-state index in [1.807, 2.05) is 0 Å². The molecular formula is C14H14ClFN2O2S. The van der Waals surface area contributed by atoms with Crippen molar-refractivity contribution in [1.82, 2.24) is 0 Å². The molecule has 7 heteroatoms. The van der Waals surface area contributed by atoms with E-state index in [-0.39, 0.29) is 5.02 Å². The monoisotopic (exact) mass is 328 g/mol. The fourth-order valence-electron chi connectivity index (χ4n) is 1.69. The quantitative estimate of drug-likeness (QED) is 0.817. The van der Waals surface area contributed by atoms with Gasteiger partial charge in [-0.25, -0.2) is 9.18 Å². The van der Waals surface area contributed by atoms with Crippen LogP contribution in [0.25, 0.3) is 0 Å². The molecule has 0 amide bonds. The predicted molar refractivity (Wildman–Crippen MR) is 83.4 cm³/mol. The number of anilines is 2. The first kappa shape index (κ1) is 15.6. The Hall–Kier alpha value is -1.79. The van der Waals surface area contributed by atoms with Crippen LogP contribution in [0.1, 0.15) is 22.2 Å². The van der Waals surface area contributed by atoms with E-state index < -0.39 is 11.8 Å². The van der Waals surface area contributed by atoms with Crippen molar-refractivity contribution in [1.29, 1.82) is 0 Å². The Morgan fingerprint density at radius 3 is 2.90 bits per heavy atom. The van der Waals surface area contributed by atoms with Gasteiger partial charge in [0.25, 0.3) is 0 Å². The Morgan fingerprint density at radius 1 is 1.48 bits per heavy atom. The maximum atomic E-state index is 13.1. The molecule has 0 saturated heterocycles. The fourth-order valence-corrected chi connectivity index (χ4v) is 2.76. The van der Waals surface area contributed by atoms with Gasteiger partial charge in [-0.2, -0.15) is 0 Å². The van der Waals surface area contributed by atoms with Crippen LogP contribution in [-0.2, 0) is 11.3 Å². The molecule has 0 fully saturated rings. The van der Waals surface area contributed by atoms with Crippen molar-refractivity contribution in [2.75, 3.05) is 17.7 Å². The minimum absolute atomic E-state index is 0.0761. The van der Waals surface area contributed by atoms with Gasteiger partial charge in [0.05, 0.1) is 22.3 Å². The molecule has 0 aliphatic rings. The summed E-state index contributed by atoms with van der Waals surface area (Å²) < 4.78 is 18.0. The highest BCUT2D eigenvalue weighted by Gasteiger charge is 2.15. The van der Waals surface area contributed by atoms with Gasteiger partial charge in [0, 0.05) is 6.54 Å². The molecule has 2 aromatic rings. The standard InChI is InChI=1S/C14H14ClFN2O2S/c1-2-20-14(19)13-11(17)6-12(21-13)18-7-8-3-4-10(16)9(15)5-8/h3-6,18H,2,7,17H2,1H3. The number of halogens is 2. The summed E-state index contributed by atoms with van der Waals surface area (Å²) in [6.07, 6.45) is 0. The SMILES string of the molecule is CCOC(=O)c1sc(NCc2ccc(F)c(Cl)c2)cc1N. The van der Waals surface area contributed by atoms with Crippen molar-refractivity contribution in [3.8, 4) is 0 Å². The fraction of sp³-hybridized carbons (Fsp3) is 0.214. The van der Waals surface area contributed by atoms with E-state index >= 15 is 0 Å². The second-order valence-corrected chi connectivity index (χ2v) is 5.68. The summed E-state index contributed by atoms with van der Waals surface area (Å²) in [5.41, 5.74) is 6.98. The molecule has 0 unspecified atom stereocenters. The number of hydrogen-bond donors (Lipinski definition) is 2. The van der Waals surface area contributed by atoms with E-state index in [9.17, 15) is 9.18 Å². The van der Waals surface area contributed by atoms with Crippen LogP contribution < -0.4 is 11.1 Å². The Bertz CT molecular complexity index is 660. The summed E-state index contributed by atoms with van der Waals surface area (Å²) in [6, 6.07) is 6.17. The van der Waals surface area contributed by atoms with E-state index in [0.717, 1.165) is 10.6 Å². The number of nitrogens with two attached hydrogens (primary N) is 1. The number of thiophene rings is 1. The van der Waals surface area contributed by atoms with Gasteiger partial charge in [-0.3, -0.25) is 0 Å². The number of carbonyl (C=O) groups is 1. The summed E-state index contributed by atoms with van der Waals surface area (Å²) >= 11 is 6.94. The van der Waals surface area contributed by atoms with Gasteiger partial charge in [0.1, 0.15) is 10.7 Å². The molecule has 0 aliphatic heterocycles. The predicted octanol–water partition coefficient (Wildman–Crippen LogP) is 3.91. The van der Waals surface area contributed by atoms with E-state index in [0.29, 0.717) is 23.7 Å². The maximum Gasteiger partial charge on any atom is 0.350 e. The van der Waals surface area contributed by atoms with Gasteiger partial charge in [0.15, 0.2) is 0 Å². The van der Waals surface area contributed by atoms with Crippen LogP contribution in [0.3, 0.4) is 0 Å². The molecule has 0 atom stereocenters. The molecule has 21 heavy (non-hydrogen) atoms. The highest BCUT2D eigenvalue weighted by atomic mass is 35.5. The smallest absolute Gasteiger partial charge is 0.350 e.